The predicted molar refractivity (Wildman–Crippen MR) is 77.1 cm³/mol. The third kappa shape index (κ3) is 4.57. The minimum atomic E-state index is -4.58. The van der Waals surface area contributed by atoms with Gasteiger partial charge in [-0.2, -0.15) is 13.2 Å². The highest BCUT2D eigenvalue weighted by Gasteiger charge is 2.31. The largest absolute Gasteiger partial charge is 0.444 e. The highest BCUT2D eigenvalue weighted by Crippen LogP contribution is 2.31. The predicted octanol–water partition coefficient (Wildman–Crippen LogP) is 4.27. The summed E-state index contributed by atoms with van der Waals surface area (Å²) in [4.78, 5) is 22.6. The second kappa shape index (κ2) is 6.95. The minimum Gasteiger partial charge on any atom is -0.444 e. The number of carbonyl (C=O) groups is 2. The lowest BCUT2D eigenvalue weighted by molar-refractivity contribution is -0.137. The van der Waals surface area contributed by atoms with Gasteiger partial charge in [-0.25, -0.2) is 4.79 Å². The van der Waals surface area contributed by atoms with Gasteiger partial charge in [-0.3, -0.25) is 10.1 Å². The summed E-state index contributed by atoms with van der Waals surface area (Å²) in [5.41, 5.74) is -0.577. The van der Waals surface area contributed by atoms with Gasteiger partial charge in [0.25, 0.3) is 0 Å². The fraction of sp³-hybridized carbons (Fsp3) is 0.125. The molecule has 2 aromatic rings. The van der Waals surface area contributed by atoms with Crippen molar-refractivity contribution in [2.75, 3.05) is 5.32 Å². The second-order valence-corrected chi connectivity index (χ2v) is 4.60. The number of rotatable bonds is 4. The van der Waals surface area contributed by atoms with E-state index in [-0.39, 0.29) is 17.9 Å². The van der Waals surface area contributed by atoms with E-state index < -0.39 is 17.8 Å². The lowest BCUT2D eigenvalue weighted by atomic mass is 10.1. The Balaban J connectivity index is 2.08. The van der Waals surface area contributed by atoms with E-state index >= 15 is 0 Å². The number of aldehydes is 1. The van der Waals surface area contributed by atoms with E-state index in [0.29, 0.717) is 12.4 Å². The normalized spacial score (nSPS) is 10.9. The molecule has 1 N–H and O–H groups in total. The number of halogens is 3. The van der Waals surface area contributed by atoms with Crippen LogP contribution in [0.3, 0.4) is 0 Å². The molecule has 0 aliphatic carbocycles. The van der Waals surface area contributed by atoms with Crippen molar-refractivity contribution >= 4 is 18.1 Å². The first-order valence-electron chi connectivity index (χ1n) is 6.54. The van der Waals surface area contributed by atoms with Gasteiger partial charge in [0.1, 0.15) is 6.61 Å². The number of nitrogens with one attached hydrogen (secondary N) is 1. The summed E-state index contributed by atoms with van der Waals surface area (Å²) >= 11 is 0. The van der Waals surface area contributed by atoms with Crippen LogP contribution in [0, 0.1) is 0 Å². The lowest BCUT2D eigenvalue weighted by Crippen LogP contribution is -2.16. The molecule has 120 valence electrons. The van der Waals surface area contributed by atoms with Gasteiger partial charge in [0.15, 0.2) is 6.29 Å². The Morgan fingerprint density at radius 1 is 1.13 bits per heavy atom. The number of ether oxygens (including phenoxy) is 1. The number of carbonyl (C=O) groups excluding carboxylic acids is 2. The first-order chi connectivity index (χ1) is 10.9. The molecule has 0 radical (unpaired) electrons. The van der Waals surface area contributed by atoms with E-state index in [1.165, 1.54) is 0 Å². The zero-order valence-corrected chi connectivity index (χ0v) is 11.8. The van der Waals surface area contributed by atoms with Crippen LogP contribution in [0.25, 0.3) is 0 Å². The van der Waals surface area contributed by atoms with Crippen LogP contribution in [-0.2, 0) is 17.5 Å². The number of alkyl halides is 3. The Morgan fingerprint density at radius 2 is 1.83 bits per heavy atom. The zero-order chi connectivity index (χ0) is 16.9. The Bertz CT molecular complexity index is 699. The molecule has 4 nitrogen and oxygen atoms in total. The monoisotopic (exact) mass is 323 g/mol. The molecule has 1 amide bonds. The van der Waals surface area contributed by atoms with Crippen LogP contribution in [0.4, 0.5) is 23.7 Å². The molecule has 0 unspecified atom stereocenters. The Kier molecular flexibility index (Phi) is 5.00. The quantitative estimate of drug-likeness (QED) is 0.855. The van der Waals surface area contributed by atoms with E-state index in [4.69, 9.17) is 4.74 Å². The fourth-order valence-electron chi connectivity index (χ4n) is 1.81. The third-order valence-electron chi connectivity index (χ3n) is 2.96. The summed E-state index contributed by atoms with van der Waals surface area (Å²) in [5.74, 6) is 0. The van der Waals surface area contributed by atoms with Crippen LogP contribution in [0.15, 0.2) is 48.5 Å². The smallest absolute Gasteiger partial charge is 0.416 e. The van der Waals surface area contributed by atoms with Gasteiger partial charge >= 0.3 is 12.3 Å². The van der Waals surface area contributed by atoms with Gasteiger partial charge in [0, 0.05) is 5.56 Å². The van der Waals surface area contributed by atoms with Crippen LogP contribution in [0.5, 0.6) is 0 Å². The van der Waals surface area contributed by atoms with Crippen molar-refractivity contribution in [2.24, 2.45) is 0 Å². The lowest BCUT2D eigenvalue weighted by Gasteiger charge is -2.12. The van der Waals surface area contributed by atoms with Crippen molar-refractivity contribution in [3.05, 3.63) is 65.2 Å². The van der Waals surface area contributed by atoms with Crippen molar-refractivity contribution in [1.82, 2.24) is 0 Å². The molecular weight excluding hydrogens is 311 g/mol. The molecule has 0 fully saturated rings. The van der Waals surface area contributed by atoms with Crippen LogP contribution in [0.2, 0.25) is 0 Å². The number of benzene rings is 2. The summed E-state index contributed by atoms with van der Waals surface area (Å²) in [7, 11) is 0. The van der Waals surface area contributed by atoms with Gasteiger partial charge in [0.05, 0.1) is 11.3 Å². The zero-order valence-electron chi connectivity index (χ0n) is 11.8. The average Bonchev–Trinajstić information content (AvgIpc) is 2.53. The van der Waals surface area contributed by atoms with E-state index in [0.717, 1.165) is 17.7 Å². The number of amides is 1. The maximum atomic E-state index is 12.7. The molecule has 0 spiro atoms. The maximum Gasteiger partial charge on any atom is 0.416 e. The van der Waals surface area contributed by atoms with Crippen LogP contribution >= 0.6 is 0 Å². The van der Waals surface area contributed by atoms with Gasteiger partial charge in [0.2, 0.25) is 0 Å². The van der Waals surface area contributed by atoms with Crippen LogP contribution < -0.4 is 5.32 Å². The molecule has 0 aliphatic rings. The molecule has 0 aliphatic heterocycles. The minimum absolute atomic E-state index is 0.0396. The SMILES string of the molecule is O=Cc1ccc(C(F)(F)F)cc1NC(=O)OCc1ccccc1. The summed E-state index contributed by atoms with van der Waals surface area (Å²) in [5, 5.41) is 2.15. The van der Waals surface area contributed by atoms with Crippen LogP contribution in [0.1, 0.15) is 21.5 Å². The van der Waals surface area contributed by atoms with Crippen molar-refractivity contribution in [3.8, 4) is 0 Å². The molecule has 0 atom stereocenters. The molecule has 2 rings (SSSR count). The average molecular weight is 323 g/mol. The van der Waals surface area contributed by atoms with Gasteiger partial charge in [-0.15, -0.1) is 0 Å². The molecule has 0 saturated carbocycles. The fourth-order valence-corrected chi connectivity index (χ4v) is 1.81. The Morgan fingerprint density at radius 3 is 2.43 bits per heavy atom. The van der Waals surface area contributed by atoms with Gasteiger partial charge in [-0.1, -0.05) is 30.3 Å². The van der Waals surface area contributed by atoms with Crippen molar-refractivity contribution in [1.29, 1.82) is 0 Å². The highest BCUT2D eigenvalue weighted by molar-refractivity contribution is 5.93. The molecular formula is C16H12F3NO3. The molecule has 0 heterocycles. The Labute approximate surface area is 129 Å². The first kappa shape index (κ1) is 16.5. The Hall–Kier alpha value is -2.83. The molecule has 7 heteroatoms. The van der Waals surface area contributed by atoms with Crippen molar-refractivity contribution in [3.63, 3.8) is 0 Å². The van der Waals surface area contributed by atoms with Crippen LogP contribution in [-0.4, -0.2) is 12.4 Å². The van der Waals surface area contributed by atoms with Crippen molar-refractivity contribution in [2.45, 2.75) is 12.8 Å². The van der Waals surface area contributed by atoms with Crippen molar-refractivity contribution < 1.29 is 27.5 Å². The number of anilines is 1. The molecule has 0 saturated heterocycles. The van der Waals surface area contributed by atoms with Gasteiger partial charge < -0.3 is 4.74 Å². The molecule has 0 aromatic heterocycles. The number of hydrogen-bond acceptors (Lipinski definition) is 3. The summed E-state index contributed by atoms with van der Waals surface area (Å²) < 4.78 is 42.9. The third-order valence-corrected chi connectivity index (χ3v) is 2.96. The molecule has 23 heavy (non-hydrogen) atoms. The second-order valence-electron chi connectivity index (χ2n) is 4.60. The van der Waals surface area contributed by atoms with E-state index in [2.05, 4.69) is 5.32 Å². The standard InChI is InChI=1S/C16H12F3NO3/c17-16(18,19)13-7-6-12(9-21)14(8-13)20-15(22)23-10-11-4-2-1-3-5-11/h1-9H,10H2,(H,20,22). The molecule has 0 bridgehead atoms. The molecule has 2 aromatic carbocycles. The van der Waals surface area contributed by atoms with E-state index in [9.17, 15) is 22.8 Å². The summed E-state index contributed by atoms with van der Waals surface area (Å²) in [6, 6.07) is 11.2. The van der Waals surface area contributed by atoms with E-state index in [1.54, 1.807) is 30.3 Å². The maximum absolute atomic E-state index is 12.7. The summed E-state index contributed by atoms with van der Waals surface area (Å²) in [6.07, 6.45) is -5.17. The topological polar surface area (TPSA) is 55.4 Å². The van der Waals surface area contributed by atoms with Gasteiger partial charge in [-0.05, 0) is 23.8 Å². The highest BCUT2D eigenvalue weighted by atomic mass is 19.4. The summed E-state index contributed by atoms with van der Waals surface area (Å²) in [6.45, 7) is -0.0396. The first-order valence-corrected chi connectivity index (χ1v) is 6.54. The van der Waals surface area contributed by atoms with E-state index in [1.807, 2.05) is 0 Å². The number of hydrogen-bond donors (Lipinski definition) is 1.